The average molecular weight is 334 g/mol. The van der Waals surface area contributed by atoms with Crippen LogP contribution in [0.4, 0.5) is 10.1 Å². The highest BCUT2D eigenvalue weighted by Gasteiger charge is 2.06. The van der Waals surface area contributed by atoms with Gasteiger partial charge in [0.25, 0.3) is 0 Å². The smallest absolute Gasteiger partial charge is 0.244 e. The minimum atomic E-state index is -0.587. The lowest BCUT2D eigenvalue weighted by molar-refractivity contribution is -0.116. The first kappa shape index (κ1) is 17.7. The van der Waals surface area contributed by atoms with Crippen molar-refractivity contribution in [2.75, 3.05) is 18.4 Å². The third kappa shape index (κ3) is 4.92. The van der Waals surface area contributed by atoms with Crippen LogP contribution in [0.1, 0.15) is 16.7 Å². The molecule has 1 amide bonds. The normalized spacial score (nSPS) is 10.0. The van der Waals surface area contributed by atoms with Gasteiger partial charge in [0.15, 0.2) is 0 Å². The molecule has 0 bridgehead atoms. The topological polar surface area (TPSA) is 88.7 Å². The molecule has 0 aromatic heterocycles. The van der Waals surface area contributed by atoms with Crippen molar-refractivity contribution in [1.82, 2.24) is 5.32 Å². The summed E-state index contributed by atoms with van der Waals surface area (Å²) in [6, 6.07) is 15.1. The Morgan fingerprint density at radius 1 is 1.08 bits per heavy atom. The van der Waals surface area contributed by atoms with Gasteiger partial charge in [-0.15, -0.1) is 0 Å². The lowest BCUT2D eigenvalue weighted by atomic mass is 10.1. The molecule has 0 saturated heterocycles. The maximum atomic E-state index is 13.4. The maximum Gasteiger partial charge on any atom is 0.244 e. The van der Waals surface area contributed by atoms with Crippen LogP contribution in [-0.4, -0.2) is 19.0 Å². The zero-order valence-corrected chi connectivity index (χ0v) is 13.3. The van der Waals surface area contributed by atoms with Crippen molar-refractivity contribution in [1.29, 1.82) is 10.5 Å². The van der Waals surface area contributed by atoms with E-state index in [1.807, 2.05) is 0 Å². The summed E-state index contributed by atoms with van der Waals surface area (Å²) < 4.78 is 13.4. The van der Waals surface area contributed by atoms with E-state index in [1.54, 1.807) is 42.5 Å². The van der Waals surface area contributed by atoms with Crippen molar-refractivity contribution in [2.24, 2.45) is 0 Å². The number of anilines is 1. The largest absolute Gasteiger partial charge is 0.382 e. The molecule has 5 nitrogen and oxygen atoms in total. The number of amides is 1. The number of rotatable bonds is 6. The van der Waals surface area contributed by atoms with E-state index in [1.165, 1.54) is 18.2 Å². The number of halogens is 1. The highest BCUT2D eigenvalue weighted by atomic mass is 19.1. The van der Waals surface area contributed by atoms with Crippen LogP contribution in [0.25, 0.3) is 6.08 Å². The van der Waals surface area contributed by atoms with Crippen LogP contribution in [0.2, 0.25) is 0 Å². The van der Waals surface area contributed by atoms with Crippen molar-refractivity contribution < 1.29 is 9.18 Å². The van der Waals surface area contributed by atoms with E-state index in [4.69, 9.17) is 10.5 Å². The molecular formula is C19H15FN4O. The van der Waals surface area contributed by atoms with Crippen LogP contribution in [0, 0.1) is 28.5 Å². The molecule has 2 aromatic carbocycles. The van der Waals surface area contributed by atoms with Crippen LogP contribution < -0.4 is 10.6 Å². The van der Waals surface area contributed by atoms with Gasteiger partial charge in [0.05, 0.1) is 17.3 Å². The summed E-state index contributed by atoms with van der Waals surface area (Å²) in [5.74, 6) is -0.898. The molecule has 0 saturated carbocycles. The summed E-state index contributed by atoms with van der Waals surface area (Å²) in [5.41, 5.74) is 1.48. The Morgan fingerprint density at radius 2 is 1.88 bits per heavy atom. The molecule has 0 unspecified atom stereocenters. The highest BCUT2D eigenvalue weighted by Crippen LogP contribution is 2.17. The number of nitriles is 2. The van der Waals surface area contributed by atoms with Crippen LogP contribution in [0.3, 0.4) is 0 Å². The predicted molar refractivity (Wildman–Crippen MR) is 92.8 cm³/mol. The van der Waals surface area contributed by atoms with Gasteiger partial charge in [-0.3, -0.25) is 4.79 Å². The molecule has 0 aliphatic heterocycles. The number of carbonyl (C=O) groups is 1. The van der Waals surface area contributed by atoms with Crippen LogP contribution in [-0.2, 0) is 4.79 Å². The van der Waals surface area contributed by atoms with Gasteiger partial charge in [0, 0.05) is 19.2 Å². The van der Waals surface area contributed by atoms with E-state index >= 15 is 0 Å². The molecule has 6 heteroatoms. The third-order valence-corrected chi connectivity index (χ3v) is 3.36. The molecule has 2 N–H and O–H groups in total. The fraction of sp³-hybridized carbons (Fsp3) is 0.105. The third-order valence-electron chi connectivity index (χ3n) is 3.36. The first-order chi connectivity index (χ1) is 12.2. The van der Waals surface area contributed by atoms with Crippen molar-refractivity contribution in [2.45, 2.75) is 0 Å². The van der Waals surface area contributed by atoms with Gasteiger partial charge in [0.1, 0.15) is 17.4 Å². The summed E-state index contributed by atoms with van der Waals surface area (Å²) in [7, 11) is 0. The van der Waals surface area contributed by atoms with Crippen LogP contribution in [0.15, 0.2) is 48.5 Å². The van der Waals surface area contributed by atoms with E-state index < -0.39 is 5.82 Å². The number of benzene rings is 2. The summed E-state index contributed by atoms with van der Waals surface area (Å²) in [6.45, 7) is 0.636. The Balaban J connectivity index is 1.84. The van der Waals surface area contributed by atoms with E-state index in [0.29, 0.717) is 29.9 Å². The first-order valence-corrected chi connectivity index (χ1v) is 7.53. The number of carbonyl (C=O) groups excluding carboxylic acids is 1. The van der Waals surface area contributed by atoms with E-state index in [0.717, 1.165) is 0 Å². The number of nitrogens with zero attached hydrogens (tertiary/aromatic N) is 2. The quantitative estimate of drug-likeness (QED) is 0.628. The van der Waals surface area contributed by atoms with Crippen molar-refractivity contribution >= 4 is 17.7 Å². The average Bonchev–Trinajstić information content (AvgIpc) is 2.63. The summed E-state index contributed by atoms with van der Waals surface area (Å²) in [5, 5.41) is 23.5. The van der Waals surface area contributed by atoms with Gasteiger partial charge in [-0.25, -0.2) is 4.39 Å². The SMILES string of the molecule is N#Cc1ccccc1/C=C/C(=O)NCCNc1cccc(F)c1C#N. The highest BCUT2D eigenvalue weighted by molar-refractivity contribution is 5.92. The standard InChI is InChI=1S/C19H15FN4O/c20-17-6-3-7-18(16(17)13-22)23-10-11-24-19(25)9-8-14-4-1-2-5-15(14)12-21/h1-9,23H,10-11H2,(H,24,25)/b9-8+. The van der Waals surface area contributed by atoms with E-state index in [-0.39, 0.29) is 11.5 Å². The van der Waals surface area contributed by atoms with Gasteiger partial charge in [0.2, 0.25) is 5.91 Å². The van der Waals surface area contributed by atoms with Gasteiger partial charge < -0.3 is 10.6 Å². The second-order valence-corrected chi connectivity index (χ2v) is 5.02. The zero-order valence-electron chi connectivity index (χ0n) is 13.3. The van der Waals surface area contributed by atoms with Crippen LogP contribution >= 0.6 is 0 Å². The fourth-order valence-corrected chi connectivity index (χ4v) is 2.14. The van der Waals surface area contributed by atoms with Gasteiger partial charge in [-0.2, -0.15) is 10.5 Å². The Bertz CT molecular complexity index is 878. The molecule has 0 spiro atoms. The Kier molecular flexibility index (Phi) is 6.27. The van der Waals surface area contributed by atoms with Gasteiger partial charge in [-0.05, 0) is 29.8 Å². The minimum absolute atomic E-state index is 0.0539. The summed E-state index contributed by atoms with van der Waals surface area (Å²) in [4.78, 5) is 11.8. The predicted octanol–water partition coefficient (Wildman–Crippen LogP) is 2.81. The number of hydrogen-bond acceptors (Lipinski definition) is 4. The second-order valence-electron chi connectivity index (χ2n) is 5.02. The second kappa shape index (κ2) is 8.85. The summed E-state index contributed by atoms with van der Waals surface area (Å²) in [6.07, 6.45) is 2.92. The molecule has 0 aliphatic carbocycles. The summed E-state index contributed by atoms with van der Waals surface area (Å²) >= 11 is 0. The molecule has 2 aromatic rings. The van der Waals surface area contributed by atoms with Crippen molar-refractivity contribution in [3.63, 3.8) is 0 Å². The van der Waals surface area contributed by atoms with E-state index in [2.05, 4.69) is 16.7 Å². The van der Waals surface area contributed by atoms with E-state index in [9.17, 15) is 9.18 Å². The lowest BCUT2D eigenvalue weighted by Crippen LogP contribution is -2.27. The van der Waals surface area contributed by atoms with Crippen LogP contribution in [0.5, 0.6) is 0 Å². The molecule has 0 heterocycles. The Hall–Kier alpha value is -3.64. The molecule has 124 valence electrons. The molecule has 0 atom stereocenters. The number of hydrogen-bond donors (Lipinski definition) is 2. The monoisotopic (exact) mass is 334 g/mol. The lowest BCUT2D eigenvalue weighted by Gasteiger charge is -2.08. The molecule has 25 heavy (non-hydrogen) atoms. The molecular weight excluding hydrogens is 319 g/mol. The van der Waals surface area contributed by atoms with Gasteiger partial charge in [-0.1, -0.05) is 24.3 Å². The fourth-order valence-electron chi connectivity index (χ4n) is 2.14. The van der Waals surface area contributed by atoms with Crippen molar-refractivity contribution in [3.05, 3.63) is 71.0 Å². The molecule has 2 rings (SSSR count). The number of nitrogens with one attached hydrogen (secondary N) is 2. The molecule has 0 radical (unpaired) electrons. The Labute approximate surface area is 145 Å². The minimum Gasteiger partial charge on any atom is -0.382 e. The van der Waals surface area contributed by atoms with Crippen molar-refractivity contribution in [3.8, 4) is 12.1 Å². The molecule has 0 aliphatic rings. The Morgan fingerprint density at radius 3 is 2.64 bits per heavy atom. The first-order valence-electron chi connectivity index (χ1n) is 7.53. The maximum absolute atomic E-state index is 13.4. The molecule has 0 fully saturated rings. The zero-order chi connectivity index (χ0) is 18.1. The van der Waals surface area contributed by atoms with Gasteiger partial charge >= 0.3 is 0 Å².